The second kappa shape index (κ2) is 4.94. The molecule has 0 aliphatic carbocycles. The minimum Gasteiger partial charge on any atom is -0.548 e. The van der Waals surface area contributed by atoms with Crippen molar-refractivity contribution < 1.29 is 19.5 Å². The summed E-state index contributed by atoms with van der Waals surface area (Å²) in [6, 6.07) is 9.01. The summed E-state index contributed by atoms with van der Waals surface area (Å²) in [7, 11) is 0. The zero-order chi connectivity index (χ0) is 16.0. The van der Waals surface area contributed by atoms with E-state index in [0.29, 0.717) is 16.5 Å². The standard InChI is InChI=1S/C17H15NO4/c1-9(2)14(17(21)22)18-15(19)11-7-3-5-10-6-4-8-12(13(10)11)16(18)20/h3-9,14H,1-2H3,(H,21,22)/p-1/t14-/m1/s1. The Morgan fingerprint density at radius 2 is 1.50 bits per heavy atom. The lowest BCUT2D eigenvalue weighted by molar-refractivity contribution is -0.311. The summed E-state index contributed by atoms with van der Waals surface area (Å²) in [6.07, 6.45) is 0. The van der Waals surface area contributed by atoms with Gasteiger partial charge in [0.05, 0.1) is 12.0 Å². The van der Waals surface area contributed by atoms with E-state index >= 15 is 0 Å². The molecule has 5 heteroatoms. The van der Waals surface area contributed by atoms with Gasteiger partial charge in [-0.15, -0.1) is 0 Å². The van der Waals surface area contributed by atoms with E-state index in [4.69, 9.17) is 0 Å². The Balaban J connectivity index is 2.26. The van der Waals surface area contributed by atoms with Gasteiger partial charge in [-0.3, -0.25) is 14.5 Å². The van der Waals surface area contributed by atoms with Crippen LogP contribution in [-0.2, 0) is 4.79 Å². The van der Waals surface area contributed by atoms with E-state index in [1.807, 2.05) is 12.1 Å². The van der Waals surface area contributed by atoms with Crippen LogP contribution in [0.25, 0.3) is 10.8 Å². The van der Waals surface area contributed by atoms with E-state index in [-0.39, 0.29) is 0 Å². The lowest BCUT2D eigenvalue weighted by Crippen LogP contribution is -2.56. The number of carboxylic acids is 1. The zero-order valence-electron chi connectivity index (χ0n) is 12.2. The molecular weight excluding hydrogens is 282 g/mol. The van der Waals surface area contributed by atoms with Crippen LogP contribution in [0, 0.1) is 5.92 Å². The highest BCUT2D eigenvalue weighted by Crippen LogP contribution is 2.31. The second-order valence-corrected chi connectivity index (χ2v) is 5.70. The molecule has 0 N–H and O–H groups in total. The minimum absolute atomic E-state index is 0.347. The van der Waals surface area contributed by atoms with Crippen LogP contribution in [-0.4, -0.2) is 28.7 Å². The third-order valence-electron chi connectivity index (χ3n) is 3.95. The average Bonchev–Trinajstić information content (AvgIpc) is 2.48. The van der Waals surface area contributed by atoms with Crippen LogP contribution in [0.2, 0.25) is 0 Å². The Kier molecular flexibility index (Phi) is 3.20. The fourth-order valence-corrected chi connectivity index (χ4v) is 2.98. The van der Waals surface area contributed by atoms with Gasteiger partial charge in [0.1, 0.15) is 0 Å². The third-order valence-corrected chi connectivity index (χ3v) is 3.95. The van der Waals surface area contributed by atoms with Gasteiger partial charge in [0.15, 0.2) is 0 Å². The fourth-order valence-electron chi connectivity index (χ4n) is 2.98. The number of hydrogen-bond acceptors (Lipinski definition) is 4. The van der Waals surface area contributed by atoms with E-state index < -0.39 is 29.7 Å². The lowest BCUT2D eigenvalue weighted by Gasteiger charge is -2.36. The van der Waals surface area contributed by atoms with Crippen molar-refractivity contribution in [3.8, 4) is 0 Å². The molecule has 0 spiro atoms. The number of aliphatic carboxylic acids is 1. The van der Waals surface area contributed by atoms with Crippen LogP contribution >= 0.6 is 0 Å². The van der Waals surface area contributed by atoms with Gasteiger partial charge in [0.25, 0.3) is 11.8 Å². The van der Waals surface area contributed by atoms with E-state index in [9.17, 15) is 19.5 Å². The van der Waals surface area contributed by atoms with Crippen LogP contribution in [0.15, 0.2) is 36.4 Å². The molecule has 112 valence electrons. The predicted octanol–water partition coefficient (Wildman–Crippen LogP) is 1.21. The molecule has 2 aromatic carbocycles. The summed E-state index contributed by atoms with van der Waals surface area (Å²) in [5, 5.41) is 12.8. The number of rotatable bonds is 3. The van der Waals surface area contributed by atoms with Gasteiger partial charge in [0.2, 0.25) is 0 Å². The maximum atomic E-state index is 12.7. The van der Waals surface area contributed by atoms with Crippen molar-refractivity contribution in [2.24, 2.45) is 5.92 Å². The Morgan fingerprint density at radius 3 is 1.91 bits per heavy atom. The zero-order valence-corrected chi connectivity index (χ0v) is 12.2. The molecule has 0 aromatic heterocycles. The number of hydrogen-bond donors (Lipinski definition) is 0. The van der Waals surface area contributed by atoms with Gasteiger partial charge < -0.3 is 9.90 Å². The Bertz CT molecular complexity index is 759. The van der Waals surface area contributed by atoms with E-state index in [1.54, 1.807) is 38.1 Å². The quantitative estimate of drug-likeness (QED) is 0.798. The monoisotopic (exact) mass is 296 g/mol. The number of carbonyl (C=O) groups excluding carboxylic acids is 3. The number of nitrogens with zero attached hydrogens (tertiary/aromatic N) is 1. The molecule has 1 heterocycles. The molecule has 0 saturated heterocycles. The lowest BCUT2D eigenvalue weighted by atomic mass is 9.91. The Hall–Kier alpha value is -2.69. The van der Waals surface area contributed by atoms with E-state index in [0.717, 1.165) is 10.3 Å². The summed E-state index contributed by atoms with van der Waals surface area (Å²) in [5.74, 6) is -3.04. The van der Waals surface area contributed by atoms with Crippen molar-refractivity contribution in [2.45, 2.75) is 19.9 Å². The number of carbonyl (C=O) groups is 3. The smallest absolute Gasteiger partial charge is 0.262 e. The Morgan fingerprint density at radius 1 is 1.00 bits per heavy atom. The maximum absolute atomic E-state index is 12.7. The molecule has 22 heavy (non-hydrogen) atoms. The number of imide groups is 1. The minimum atomic E-state index is -1.43. The number of carboxylic acid groups (broad SMARTS) is 1. The molecule has 2 amide bonds. The van der Waals surface area contributed by atoms with E-state index in [1.165, 1.54) is 0 Å². The highest BCUT2D eigenvalue weighted by Gasteiger charge is 2.39. The largest absolute Gasteiger partial charge is 0.548 e. The molecule has 0 saturated carbocycles. The normalized spacial score (nSPS) is 15.5. The SMILES string of the molecule is CC(C)[C@H](C(=O)[O-])N1C(=O)c2cccc3cccc(c23)C1=O. The molecule has 5 nitrogen and oxygen atoms in total. The summed E-state index contributed by atoms with van der Waals surface area (Å²) >= 11 is 0. The number of amides is 2. The average molecular weight is 296 g/mol. The summed E-state index contributed by atoms with van der Waals surface area (Å²) in [4.78, 5) is 37.6. The predicted molar refractivity (Wildman–Crippen MR) is 78.1 cm³/mol. The Labute approximate surface area is 127 Å². The summed E-state index contributed by atoms with van der Waals surface area (Å²) in [5.41, 5.74) is 0.694. The van der Waals surface area contributed by atoms with Crippen LogP contribution in [0.1, 0.15) is 34.6 Å². The van der Waals surface area contributed by atoms with Gasteiger partial charge >= 0.3 is 0 Å². The van der Waals surface area contributed by atoms with Crippen LogP contribution in [0.4, 0.5) is 0 Å². The van der Waals surface area contributed by atoms with Gasteiger partial charge in [-0.05, 0) is 23.4 Å². The van der Waals surface area contributed by atoms with E-state index in [2.05, 4.69) is 0 Å². The van der Waals surface area contributed by atoms with Crippen molar-refractivity contribution >= 4 is 28.6 Å². The van der Waals surface area contributed by atoms with Crippen molar-refractivity contribution in [3.63, 3.8) is 0 Å². The topological polar surface area (TPSA) is 77.5 Å². The summed E-state index contributed by atoms with van der Waals surface area (Å²) < 4.78 is 0. The highest BCUT2D eigenvalue weighted by molar-refractivity contribution is 6.26. The maximum Gasteiger partial charge on any atom is 0.262 e. The van der Waals surface area contributed by atoms with Crippen molar-refractivity contribution in [3.05, 3.63) is 47.5 Å². The summed E-state index contributed by atoms with van der Waals surface area (Å²) in [6.45, 7) is 3.28. The molecule has 0 fully saturated rings. The highest BCUT2D eigenvalue weighted by atomic mass is 16.4. The molecule has 2 aromatic rings. The van der Waals surface area contributed by atoms with Gasteiger partial charge in [-0.25, -0.2) is 0 Å². The number of benzene rings is 2. The molecule has 0 radical (unpaired) electrons. The first-order chi connectivity index (χ1) is 10.4. The molecule has 0 unspecified atom stereocenters. The van der Waals surface area contributed by atoms with Crippen LogP contribution in [0.5, 0.6) is 0 Å². The van der Waals surface area contributed by atoms with Crippen molar-refractivity contribution in [2.75, 3.05) is 0 Å². The molecule has 1 aliphatic rings. The molecule has 0 bridgehead atoms. The first-order valence-electron chi connectivity index (χ1n) is 7.04. The first kappa shape index (κ1) is 14.3. The van der Waals surface area contributed by atoms with Crippen molar-refractivity contribution in [1.29, 1.82) is 0 Å². The van der Waals surface area contributed by atoms with Crippen molar-refractivity contribution in [1.82, 2.24) is 4.90 Å². The molecular formula is C17H14NO4-. The fraction of sp³-hybridized carbons (Fsp3) is 0.235. The van der Waals surface area contributed by atoms with Gasteiger partial charge in [-0.2, -0.15) is 0 Å². The molecule has 1 aliphatic heterocycles. The van der Waals surface area contributed by atoms with Gasteiger partial charge in [-0.1, -0.05) is 38.1 Å². The molecule has 3 rings (SSSR count). The second-order valence-electron chi connectivity index (χ2n) is 5.70. The first-order valence-corrected chi connectivity index (χ1v) is 7.04. The van der Waals surface area contributed by atoms with Crippen LogP contribution in [0.3, 0.4) is 0 Å². The van der Waals surface area contributed by atoms with Crippen LogP contribution < -0.4 is 5.11 Å². The van der Waals surface area contributed by atoms with Gasteiger partial charge in [0, 0.05) is 16.5 Å². The third kappa shape index (κ3) is 1.89. The molecule has 1 atom stereocenters.